The highest BCUT2D eigenvalue weighted by Crippen LogP contribution is 2.38. The zero-order valence-corrected chi connectivity index (χ0v) is 16.6. The molecule has 140 valence electrons. The van der Waals surface area contributed by atoms with Gasteiger partial charge in [-0.3, -0.25) is 0 Å². The van der Waals surface area contributed by atoms with Crippen LogP contribution in [0.25, 0.3) is 22.1 Å². The Bertz CT molecular complexity index is 1070. The van der Waals surface area contributed by atoms with Crippen LogP contribution in [0.15, 0.2) is 34.7 Å². The minimum absolute atomic E-state index is 0.554. The van der Waals surface area contributed by atoms with Crippen LogP contribution in [0.1, 0.15) is 24.7 Å². The average molecular weight is 382 g/mol. The number of rotatable bonds is 4. The number of benzene rings is 2. The van der Waals surface area contributed by atoms with Crippen molar-refractivity contribution >= 4 is 23.2 Å². The Morgan fingerprint density at radius 3 is 2.59 bits per heavy atom. The SMILES string of the molecule is CCCc1cc2c(=S)c(-c3ccc4c(c3)OCCO4)c(C)oc2cc1OC. The van der Waals surface area contributed by atoms with Crippen molar-refractivity contribution in [3.63, 3.8) is 0 Å². The number of hydrogen-bond acceptors (Lipinski definition) is 5. The van der Waals surface area contributed by atoms with Crippen molar-refractivity contribution in [2.45, 2.75) is 26.7 Å². The standard InChI is InChI=1S/C22H22O4S/c1-4-5-14-10-16-19(12-18(14)23-3)26-13(2)21(22(16)27)15-6-7-17-20(11-15)25-9-8-24-17/h6-7,10-12H,4-5,8-9H2,1-3H3. The van der Waals surface area contributed by atoms with Crippen molar-refractivity contribution in [3.8, 4) is 28.4 Å². The summed E-state index contributed by atoms with van der Waals surface area (Å²) in [7, 11) is 1.69. The Hall–Kier alpha value is -2.53. The van der Waals surface area contributed by atoms with Gasteiger partial charge in [0.15, 0.2) is 11.5 Å². The molecule has 5 heteroatoms. The second-order valence-electron chi connectivity index (χ2n) is 6.63. The highest BCUT2D eigenvalue weighted by molar-refractivity contribution is 7.71. The van der Waals surface area contributed by atoms with Crippen LogP contribution in [-0.2, 0) is 6.42 Å². The molecule has 1 aliphatic heterocycles. The maximum Gasteiger partial charge on any atom is 0.161 e. The first kappa shape index (κ1) is 17.9. The van der Waals surface area contributed by atoms with Crippen LogP contribution in [-0.4, -0.2) is 20.3 Å². The summed E-state index contributed by atoms with van der Waals surface area (Å²) >= 11 is 5.87. The monoisotopic (exact) mass is 382 g/mol. The van der Waals surface area contributed by atoms with E-state index >= 15 is 0 Å². The zero-order valence-electron chi connectivity index (χ0n) is 15.8. The molecule has 4 nitrogen and oxygen atoms in total. The third kappa shape index (κ3) is 3.16. The van der Waals surface area contributed by atoms with Gasteiger partial charge in [-0.05, 0) is 42.7 Å². The van der Waals surface area contributed by atoms with Gasteiger partial charge in [0.05, 0.1) is 11.6 Å². The van der Waals surface area contributed by atoms with Gasteiger partial charge in [-0.2, -0.15) is 0 Å². The van der Waals surface area contributed by atoms with Crippen LogP contribution in [0.4, 0.5) is 0 Å². The lowest BCUT2D eigenvalue weighted by Crippen LogP contribution is -2.15. The topological polar surface area (TPSA) is 40.8 Å². The van der Waals surface area contributed by atoms with Crippen LogP contribution in [0.5, 0.6) is 17.2 Å². The van der Waals surface area contributed by atoms with Crippen molar-refractivity contribution < 1.29 is 18.6 Å². The number of methoxy groups -OCH3 is 1. The maximum atomic E-state index is 6.13. The molecular weight excluding hydrogens is 360 g/mol. The molecule has 0 saturated carbocycles. The minimum Gasteiger partial charge on any atom is -0.496 e. The zero-order chi connectivity index (χ0) is 19.0. The Labute approximate surface area is 163 Å². The Morgan fingerprint density at radius 2 is 1.85 bits per heavy atom. The van der Waals surface area contributed by atoms with Gasteiger partial charge in [0, 0.05) is 17.0 Å². The minimum atomic E-state index is 0.554. The van der Waals surface area contributed by atoms with Crippen molar-refractivity contribution in [1.82, 2.24) is 0 Å². The first-order valence-electron chi connectivity index (χ1n) is 9.16. The molecule has 1 aliphatic rings. The molecule has 4 rings (SSSR count). The smallest absolute Gasteiger partial charge is 0.161 e. The summed E-state index contributed by atoms with van der Waals surface area (Å²) in [5, 5.41) is 0.935. The first-order valence-corrected chi connectivity index (χ1v) is 9.57. The first-order chi connectivity index (χ1) is 13.1. The highest BCUT2D eigenvalue weighted by Gasteiger charge is 2.17. The van der Waals surface area contributed by atoms with E-state index in [1.165, 1.54) is 0 Å². The van der Waals surface area contributed by atoms with Gasteiger partial charge in [-0.25, -0.2) is 0 Å². The molecular formula is C22H22O4S. The van der Waals surface area contributed by atoms with Gasteiger partial charge in [0.1, 0.15) is 30.3 Å². The number of hydrogen-bond donors (Lipinski definition) is 0. The van der Waals surface area contributed by atoms with E-state index in [0.29, 0.717) is 13.2 Å². The Morgan fingerprint density at radius 1 is 1.07 bits per heavy atom. The van der Waals surface area contributed by atoms with Gasteiger partial charge < -0.3 is 18.6 Å². The van der Waals surface area contributed by atoms with Gasteiger partial charge >= 0.3 is 0 Å². The summed E-state index contributed by atoms with van der Waals surface area (Å²) in [5.74, 6) is 3.12. The molecule has 0 aliphatic carbocycles. The quantitative estimate of drug-likeness (QED) is 0.528. The summed E-state index contributed by atoms with van der Waals surface area (Å²) in [4.78, 5) is 0. The molecule has 0 spiro atoms. The second kappa shape index (κ2) is 7.24. The van der Waals surface area contributed by atoms with E-state index in [1.807, 2.05) is 31.2 Å². The molecule has 0 bridgehead atoms. The van der Waals surface area contributed by atoms with E-state index in [-0.39, 0.29) is 0 Å². The fourth-order valence-electron chi connectivity index (χ4n) is 3.57. The Kier molecular flexibility index (Phi) is 4.79. The molecule has 0 unspecified atom stereocenters. The van der Waals surface area contributed by atoms with E-state index in [4.69, 9.17) is 30.8 Å². The lowest BCUT2D eigenvalue weighted by atomic mass is 10.0. The highest BCUT2D eigenvalue weighted by atomic mass is 32.1. The molecule has 0 atom stereocenters. The van der Waals surface area contributed by atoms with E-state index in [1.54, 1.807) is 7.11 Å². The van der Waals surface area contributed by atoms with Crippen LogP contribution in [0, 0.1) is 11.4 Å². The summed E-state index contributed by atoms with van der Waals surface area (Å²) < 4.78 is 23.8. The fourth-order valence-corrected chi connectivity index (χ4v) is 3.99. The van der Waals surface area contributed by atoms with Crippen molar-refractivity contribution in [3.05, 3.63) is 46.2 Å². The largest absolute Gasteiger partial charge is 0.496 e. The predicted octanol–water partition coefficient (Wildman–Crippen LogP) is 5.87. The molecule has 2 aromatic carbocycles. The third-order valence-corrected chi connectivity index (χ3v) is 5.24. The summed E-state index contributed by atoms with van der Waals surface area (Å²) in [5.41, 5.74) is 3.78. The molecule has 3 aromatic rings. The third-order valence-electron chi connectivity index (χ3n) is 4.82. The van der Waals surface area contributed by atoms with Gasteiger partial charge in [-0.15, -0.1) is 0 Å². The van der Waals surface area contributed by atoms with Crippen LogP contribution >= 0.6 is 12.2 Å². The second-order valence-corrected chi connectivity index (χ2v) is 7.04. The number of aryl methyl sites for hydroxylation is 2. The lowest BCUT2D eigenvalue weighted by molar-refractivity contribution is 0.171. The van der Waals surface area contributed by atoms with Crippen LogP contribution < -0.4 is 14.2 Å². The molecule has 0 N–H and O–H groups in total. The van der Waals surface area contributed by atoms with E-state index in [9.17, 15) is 0 Å². The summed E-state index contributed by atoms with van der Waals surface area (Å²) in [6.07, 6.45) is 1.97. The van der Waals surface area contributed by atoms with Crippen molar-refractivity contribution in [2.75, 3.05) is 20.3 Å². The van der Waals surface area contributed by atoms with Gasteiger partial charge in [0.25, 0.3) is 0 Å². The summed E-state index contributed by atoms with van der Waals surface area (Å²) in [6.45, 7) is 5.22. The summed E-state index contributed by atoms with van der Waals surface area (Å²) in [6, 6.07) is 9.95. The molecule has 0 amide bonds. The number of fused-ring (bicyclic) bond motifs is 2. The normalized spacial score (nSPS) is 13.0. The van der Waals surface area contributed by atoms with Crippen LogP contribution in [0.3, 0.4) is 0 Å². The molecule has 27 heavy (non-hydrogen) atoms. The lowest BCUT2D eigenvalue weighted by Gasteiger charge is -2.19. The Balaban J connectivity index is 1.92. The van der Waals surface area contributed by atoms with Crippen LogP contribution in [0.2, 0.25) is 0 Å². The molecule has 1 aromatic heterocycles. The fraction of sp³-hybridized carbons (Fsp3) is 0.318. The van der Waals surface area contributed by atoms with E-state index < -0.39 is 0 Å². The maximum absolute atomic E-state index is 6.13. The van der Waals surface area contributed by atoms with Gasteiger partial charge in [-0.1, -0.05) is 31.6 Å². The van der Waals surface area contributed by atoms with Crippen molar-refractivity contribution in [1.29, 1.82) is 0 Å². The van der Waals surface area contributed by atoms with E-state index in [2.05, 4.69) is 13.0 Å². The molecule has 0 fully saturated rings. The predicted molar refractivity (Wildman–Crippen MR) is 109 cm³/mol. The number of ether oxygens (including phenoxy) is 3. The molecule has 0 radical (unpaired) electrons. The molecule has 2 heterocycles. The van der Waals surface area contributed by atoms with E-state index in [0.717, 1.165) is 68.0 Å². The van der Waals surface area contributed by atoms with Gasteiger partial charge in [0.2, 0.25) is 0 Å². The average Bonchev–Trinajstić information content (AvgIpc) is 2.68. The van der Waals surface area contributed by atoms with Crippen molar-refractivity contribution in [2.24, 2.45) is 0 Å². The molecule has 0 saturated heterocycles.